The predicted octanol–water partition coefficient (Wildman–Crippen LogP) is 10.5. The molecule has 0 N–H and O–H groups in total. The first-order chi connectivity index (χ1) is 24.9. The van der Waals surface area contributed by atoms with Crippen molar-refractivity contribution in [3.8, 4) is 0 Å². The summed E-state index contributed by atoms with van der Waals surface area (Å²) in [6.07, 6.45) is 32.8. The van der Waals surface area contributed by atoms with Crippen LogP contribution in [0.2, 0.25) is 0 Å². The van der Waals surface area contributed by atoms with Crippen LogP contribution in [0.1, 0.15) is 168 Å². The molecule has 0 aliphatic rings. The van der Waals surface area contributed by atoms with E-state index >= 15 is 0 Å². The first-order valence-electron chi connectivity index (χ1n) is 21.5. The summed E-state index contributed by atoms with van der Waals surface area (Å²) < 4.78 is 44.7. The normalized spacial score (nSPS) is 11.6. The van der Waals surface area contributed by atoms with Crippen molar-refractivity contribution >= 4 is 0 Å². The van der Waals surface area contributed by atoms with Crippen molar-refractivity contribution in [3.05, 3.63) is 0 Å². The zero-order chi connectivity index (χ0) is 35.9. The summed E-state index contributed by atoms with van der Waals surface area (Å²) in [5, 5.41) is 0. The van der Waals surface area contributed by atoms with Crippen molar-refractivity contribution in [2.75, 3.05) is 106 Å². The van der Waals surface area contributed by atoms with Gasteiger partial charge in [0.2, 0.25) is 0 Å². The van der Waals surface area contributed by atoms with Gasteiger partial charge in [0.1, 0.15) is 0 Å². The molecule has 8 nitrogen and oxygen atoms in total. The summed E-state index contributed by atoms with van der Waals surface area (Å²) in [6.45, 7) is 14.5. The molecular formula is C42H86O8. The Balaban J connectivity index is 3.04. The summed E-state index contributed by atoms with van der Waals surface area (Å²) in [4.78, 5) is 0. The molecular weight excluding hydrogens is 632 g/mol. The highest BCUT2D eigenvalue weighted by Gasteiger charge is 1.98. The predicted molar refractivity (Wildman–Crippen MR) is 209 cm³/mol. The number of ether oxygens (including phenoxy) is 8. The highest BCUT2D eigenvalue weighted by Crippen LogP contribution is 2.13. The smallest absolute Gasteiger partial charge is 0.0701 e. The number of unbranched alkanes of at least 4 members (excludes halogenated alkanes) is 22. The van der Waals surface area contributed by atoms with Gasteiger partial charge in [-0.1, -0.05) is 155 Å². The first kappa shape index (κ1) is 49.7. The van der Waals surface area contributed by atoms with Gasteiger partial charge in [-0.25, -0.2) is 0 Å². The molecule has 50 heavy (non-hydrogen) atoms. The first-order valence-corrected chi connectivity index (χ1v) is 21.5. The van der Waals surface area contributed by atoms with Crippen molar-refractivity contribution in [3.63, 3.8) is 0 Å². The molecule has 0 atom stereocenters. The van der Waals surface area contributed by atoms with Gasteiger partial charge in [0, 0.05) is 13.2 Å². The van der Waals surface area contributed by atoms with Crippen LogP contribution in [-0.2, 0) is 37.9 Å². The Hall–Kier alpha value is -0.320. The zero-order valence-electron chi connectivity index (χ0n) is 33.6. The van der Waals surface area contributed by atoms with E-state index in [-0.39, 0.29) is 0 Å². The van der Waals surface area contributed by atoms with Gasteiger partial charge in [0.25, 0.3) is 0 Å². The molecule has 302 valence electrons. The largest absolute Gasteiger partial charge is 0.379 e. The van der Waals surface area contributed by atoms with Gasteiger partial charge in [-0.15, -0.1) is 0 Å². The van der Waals surface area contributed by atoms with E-state index in [1.54, 1.807) is 0 Å². The average molecular weight is 719 g/mol. The SMILES string of the molecule is CCCCCCCCCCCCCCOCCOCCOCCOCCOCCOCCOCCOCCCCCCCCCCCCCC. The molecule has 0 aromatic heterocycles. The second-order valence-corrected chi connectivity index (χ2v) is 13.7. The van der Waals surface area contributed by atoms with Crippen LogP contribution in [0.3, 0.4) is 0 Å². The Bertz CT molecular complexity index is 520. The Morgan fingerprint density at radius 2 is 0.300 bits per heavy atom. The lowest BCUT2D eigenvalue weighted by molar-refractivity contribution is -0.0232. The lowest BCUT2D eigenvalue weighted by Crippen LogP contribution is -2.15. The minimum Gasteiger partial charge on any atom is -0.379 e. The molecule has 0 aromatic rings. The van der Waals surface area contributed by atoms with Crippen LogP contribution in [0, 0.1) is 0 Å². The molecule has 0 rings (SSSR count). The van der Waals surface area contributed by atoms with Crippen LogP contribution in [-0.4, -0.2) is 106 Å². The van der Waals surface area contributed by atoms with Gasteiger partial charge < -0.3 is 37.9 Å². The van der Waals surface area contributed by atoms with Crippen LogP contribution in [0.4, 0.5) is 0 Å². The van der Waals surface area contributed by atoms with E-state index in [1.807, 2.05) is 0 Å². The van der Waals surface area contributed by atoms with E-state index in [0.717, 1.165) is 26.1 Å². The minimum atomic E-state index is 0.554. The van der Waals surface area contributed by atoms with E-state index < -0.39 is 0 Å². The third kappa shape index (κ3) is 47.7. The highest BCUT2D eigenvalue weighted by atomic mass is 16.6. The maximum Gasteiger partial charge on any atom is 0.0701 e. The van der Waals surface area contributed by atoms with Crippen LogP contribution in [0.15, 0.2) is 0 Å². The molecule has 8 heteroatoms. The van der Waals surface area contributed by atoms with E-state index in [1.165, 1.54) is 141 Å². The average Bonchev–Trinajstić information content (AvgIpc) is 3.13. The summed E-state index contributed by atoms with van der Waals surface area (Å²) in [7, 11) is 0. The van der Waals surface area contributed by atoms with Crippen molar-refractivity contribution in [1.29, 1.82) is 0 Å². The lowest BCUT2D eigenvalue weighted by Gasteiger charge is -2.09. The van der Waals surface area contributed by atoms with Gasteiger partial charge in [-0.05, 0) is 12.8 Å². The second-order valence-electron chi connectivity index (χ2n) is 13.7. The fourth-order valence-corrected chi connectivity index (χ4v) is 5.73. The molecule has 0 amide bonds. The molecule has 0 aliphatic carbocycles. The van der Waals surface area contributed by atoms with E-state index in [4.69, 9.17) is 37.9 Å². The maximum atomic E-state index is 5.68. The Labute approximate surface area is 311 Å². The fourth-order valence-electron chi connectivity index (χ4n) is 5.73. The Morgan fingerprint density at radius 3 is 0.480 bits per heavy atom. The van der Waals surface area contributed by atoms with Crippen LogP contribution in [0.25, 0.3) is 0 Å². The molecule has 0 aromatic carbocycles. The minimum absolute atomic E-state index is 0.554. The summed E-state index contributed by atoms with van der Waals surface area (Å²) in [5.41, 5.74) is 0. The maximum absolute atomic E-state index is 5.68. The van der Waals surface area contributed by atoms with Crippen molar-refractivity contribution in [2.24, 2.45) is 0 Å². The highest BCUT2D eigenvalue weighted by molar-refractivity contribution is 4.50. The van der Waals surface area contributed by atoms with Gasteiger partial charge in [-0.3, -0.25) is 0 Å². The number of rotatable bonds is 47. The topological polar surface area (TPSA) is 73.8 Å². The molecule has 0 spiro atoms. The molecule has 0 aliphatic heterocycles. The number of hydrogen-bond donors (Lipinski definition) is 0. The summed E-state index contributed by atoms with van der Waals surface area (Å²) in [6, 6.07) is 0. The fraction of sp³-hybridized carbons (Fsp3) is 1.00. The monoisotopic (exact) mass is 719 g/mol. The van der Waals surface area contributed by atoms with Crippen LogP contribution < -0.4 is 0 Å². The third-order valence-corrected chi connectivity index (χ3v) is 8.89. The molecule has 0 bridgehead atoms. The molecule has 0 fully saturated rings. The standard InChI is InChI=1S/C42H86O8/c1-3-5-7-9-11-13-15-17-19-21-23-25-27-43-29-31-45-33-35-47-37-39-49-41-42-50-40-38-48-36-34-46-32-30-44-28-26-24-22-20-18-16-14-12-10-8-6-4-2/h3-42H2,1-2H3. The van der Waals surface area contributed by atoms with Crippen molar-refractivity contribution in [1.82, 2.24) is 0 Å². The molecule has 0 saturated carbocycles. The Kier molecular flexibility index (Phi) is 48.4. The van der Waals surface area contributed by atoms with Gasteiger partial charge in [0.05, 0.1) is 92.5 Å². The van der Waals surface area contributed by atoms with Gasteiger partial charge in [-0.2, -0.15) is 0 Å². The number of hydrogen-bond acceptors (Lipinski definition) is 8. The van der Waals surface area contributed by atoms with Gasteiger partial charge >= 0.3 is 0 Å². The second kappa shape index (κ2) is 48.7. The molecule has 0 radical (unpaired) electrons. The van der Waals surface area contributed by atoms with Crippen LogP contribution in [0.5, 0.6) is 0 Å². The summed E-state index contributed by atoms with van der Waals surface area (Å²) >= 11 is 0. The van der Waals surface area contributed by atoms with E-state index in [0.29, 0.717) is 92.5 Å². The third-order valence-electron chi connectivity index (χ3n) is 8.89. The molecule has 0 unspecified atom stereocenters. The lowest BCUT2D eigenvalue weighted by atomic mass is 10.1. The Morgan fingerprint density at radius 1 is 0.160 bits per heavy atom. The van der Waals surface area contributed by atoms with E-state index in [9.17, 15) is 0 Å². The zero-order valence-corrected chi connectivity index (χ0v) is 33.6. The van der Waals surface area contributed by atoms with E-state index in [2.05, 4.69) is 13.8 Å². The van der Waals surface area contributed by atoms with Gasteiger partial charge in [0.15, 0.2) is 0 Å². The molecule has 0 heterocycles. The van der Waals surface area contributed by atoms with Crippen LogP contribution >= 0.6 is 0 Å². The van der Waals surface area contributed by atoms with Crippen molar-refractivity contribution < 1.29 is 37.9 Å². The quantitative estimate of drug-likeness (QED) is 0.0576. The molecule has 0 saturated heterocycles. The van der Waals surface area contributed by atoms with Crippen molar-refractivity contribution in [2.45, 2.75) is 168 Å². The summed E-state index contributed by atoms with van der Waals surface area (Å²) in [5.74, 6) is 0.